The molecule has 108 valence electrons. The molecule has 6 heteroatoms. The van der Waals surface area contributed by atoms with E-state index < -0.39 is 0 Å². The Morgan fingerprint density at radius 1 is 1.16 bits per heavy atom. The predicted octanol–water partition coefficient (Wildman–Crippen LogP) is 2.48. The van der Waals surface area contributed by atoms with Crippen LogP contribution in [-0.4, -0.2) is 27.1 Å². The van der Waals surface area contributed by atoms with Crippen LogP contribution < -0.4 is 15.8 Å². The first-order valence-electron chi connectivity index (χ1n) is 6.85. The lowest BCUT2D eigenvalue weighted by Crippen LogP contribution is -2.21. The molecule has 0 saturated heterocycles. The topological polar surface area (TPSA) is 86.0 Å². The van der Waals surface area contributed by atoms with Gasteiger partial charge >= 0.3 is 6.01 Å². The normalized spacial score (nSPS) is 14.2. The van der Waals surface area contributed by atoms with Gasteiger partial charge < -0.3 is 15.8 Å². The van der Waals surface area contributed by atoms with Gasteiger partial charge in [-0.3, -0.25) is 0 Å². The van der Waals surface area contributed by atoms with E-state index in [1.165, 1.54) is 0 Å². The van der Waals surface area contributed by atoms with Gasteiger partial charge in [0, 0.05) is 6.04 Å². The Morgan fingerprint density at radius 2 is 1.84 bits per heavy atom. The number of aromatic nitrogens is 3. The monoisotopic (exact) mass is 267 g/mol. The molecule has 1 rings (SSSR count). The minimum absolute atomic E-state index is 0.00665. The molecule has 0 aliphatic rings. The number of nitrogens with one attached hydrogen (secondary N) is 1. The molecule has 3 N–H and O–H groups in total. The minimum Gasteiger partial charge on any atom is -0.461 e. The molecular formula is C13H25N5O. The number of anilines is 2. The Labute approximate surface area is 115 Å². The average Bonchev–Trinajstić information content (AvgIpc) is 2.26. The Bertz CT molecular complexity index is 397. The summed E-state index contributed by atoms with van der Waals surface area (Å²) in [6.07, 6.45) is 2.22. The predicted molar refractivity (Wildman–Crippen MR) is 77.2 cm³/mol. The molecule has 0 saturated carbocycles. The standard InChI is InChI=1S/C13H25N5O/c1-6-9(4)7-10(5)15-12-16-11(14)17-13(18-12)19-8(2)3/h8-10H,6-7H2,1-5H3,(H3,14,15,16,17,18). The molecule has 0 spiro atoms. The number of ether oxygens (including phenoxy) is 1. The van der Waals surface area contributed by atoms with Gasteiger partial charge in [-0.05, 0) is 33.1 Å². The van der Waals surface area contributed by atoms with Gasteiger partial charge in [0.15, 0.2) is 0 Å². The molecule has 19 heavy (non-hydrogen) atoms. The number of nitrogen functional groups attached to an aromatic ring is 1. The van der Waals surface area contributed by atoms with E-state index in [1.54, 1.807) is 0 Å². The summed E-state index contributed by atoms with van der Waals surface area (Å²) < 4.78 is 5.44. The fraction of sp³-hybridized carbons (Fsp3) is 0.769. The zero-order chi connectivity index (χ0) is 14.4. The Kier molecular flexibility index (Phi) is 5.79. The highest BCUT2D eigenvalue weighted by Gasteiger charge is 2.11. The number of hydrogen-bond acceptors (Lipinski definition) is 6. The van der Waals surface area contributed by atoms with Crippen LogP contribution in [0.15, 0.2) is 0 Å². The molecule has 0 radical (unpaired) electrons. The molecular weight excluding hydrogens is 242 g/mol. The molecule has 0 aliphatic heterocycles. The van der Waals surface area contributed by atoms with Gasteiger partial charge in [-0.2, -0.15) is 15.0 Å². The minimum atomic E-state index is 0.00665. The second-order valence-corrected chi connectivity index (χ2v) is 5.26. The summed E-state index contributed by atoms with van der Waals surface area (Å²) in [4.78, 5) is 12.2. The molecule has 1 aromatic rings. The van der Waals surface area contributed by atoms with Gasteiger partial charge in [-0.1, -0.05) is 20.3 Å². The summed E-state index contributed by atoms with van der Waals surface area (Å²) in [6, 6.07) is 0.546. The van der Waals surface area contributed by atoms with Crippen LogP contribution in [0.25, 0.3) is 0 Å². The van der Waals surface area contributed by atoms with Crippen LogP contribution in [0.2, 0.25) is 0 Å². The third kappa shape index (κ3) is 5.72. The van der Waals surface area contributed by atoms with Crippen LogP contribution in [0.4, 0.5) is 11.9 Å². The van der Waals surface area contributed by atoms with Crippen molar-refractivity contribution in [3.63, 3.8) is 0 Å². The Balaban J connectivity index is 2.69. The fourth-order valence-electron chi connectivity index (χ4n) is 1.75. The lowest BCUT2D eigenvalue weighted by molar-refractivity contribution is 0.222. The Morgan fingerprint density at radius 3 is 2.42 bits per heavy atom. The van der Waals surface area contributed by atoms with Gasteiger partial charge in [0.05, 0.1) is 6.10 Å². The smallest absolute Gasteiger partial charge is 0.323 e. The molecule has 2 unspecified atom stereocenters. The van der Waals surface area contributed by atoms with Crippen molar-refractivity contribution in [2.75, 3.05) is 11.1 Å². The number of rotatable bonds is 7. The summed E-state index contributed by atoms with van der Waals surface area (Å²) >= 11 is 0. The molecule has 0 fully saturated rings. The van der Waals surface area contributed by atoms with Crippen molar-refractivity contribution in [1.82, 2.24) is 15.0 Å². The zero-order valence-corrected chi connectivity index (χ0v) is 12.5. The van der Waals surface area contributed by atoms with Gasteiger partial charge in [0.2, 0.25) is 11.9 Å². The van der Waals surface area contributed by atoms with E-state index in [9.17, 15) is 0 Å². The maximum atomic E-state index is 5.66. The van der Waals surface area contributed by atoms with Crippen molar-refractivity contribution in [2.45, 2.75) is 59.6 Å². The molecule has 6 nitrogen and oxygen atoms in total. The van der Waals surface area contributed by atoms with E-state index in [0.717, 1.165) is 12.8 Å². The summed E-state index contributed by atoms with van der Waals surface area (Å²) in [5, 5.41) is 3.24. The van der Waals surface area contributed by atoms with Crippen molar-refractivity contribution in [2.24, 2.45) is 5.92 Å². The Hall–Kier alpha value is -1.59. The zero-order valence-electron chi connectivity index (χ0n) is 12.5. The summed E-state index contributed by atoms with van der Waals surface area (Å²) in [7, 11) is 0. The van der Waals surface area contributed by atoms with Crippen molar-refractivity contribution in [3.05, 3.63) is 0 Å². The van der Waals surface area contributed by atoms with Crippen molar-refractivity contribution < 1.29 is 4.74 Å². The second kappa shape index (κ2) is 7.11. The van der Waals surface area contributed by atoms with E-state index in [0.29, 0.717) is 11.9 Å². The van der Waals surface area contributed by atoms with Crippen LogP contribution >= 0.6 is 0 Å². The SMILES string of the molecule is CCC(C)CC(C)Nc1nc(N)nc(OC(C)C)n1. The van der Waals surface area contributed by atoms with Crippen LogP contribution in [0, 0.1) is 5.92 Å². The van der Waals surface area contributed by atoms with Crippen LogP contribution in [-0.2, 0) is 0 Å². The molecule has 0 bridgehead atoms. The molecule has 1 aromatic heterocycles. The first kappa shape index (κ1) is 15.5. The highest BCUT2D eigenvalue weighted by Crippen LogP contribution is 2.15. The summed E-state index contributed by atoms with van der Waals surface area (Å²) in [5.74, 6) is 1.30. The third-order valence-corrected chi connectivity index (χ3v) is 2.80. The van der Waals surface area contributed by atoms with Crippen molar-refractivity contribution >= 4 is 11.9 Å². The van der Waals surface area contributed by atoms with Gasteiger partial charge in [-0.25, -0.2) is 0 Å². The molecule has 0 amide bonds. The maximum absolute atomic E-state index is 5.66. The maximum Gasteiger partial charge on any atom is 0.323 e. The lowest BCUT2D eigenvalue weighted by Gasteiger charge is -2.18. The fourth-order valence-corrected chi connectivity index (χ4v) is 1.75. The second-order valence-electron chi connectivity index (χ2n) is 5.26. The van der Waals surface area contributed by atoms with E-state index in [1.807, 2.05) is 13.8 Å². The first-order valence-corrected chi connectivity index (χ1v) is 6.85. The van der Waals surface area contributed by atoms with E-state index in [-0.39, 0.29) is 24.1 Å². The van der Waals surface area contributed by atoms with Crippen LogP contribution in [0.1, 0.15) is 47.5 Å². The summed E-state index contributed by atoms with van der Waals surface area (Å²) in [5.41, 5.74) is 5.66. The average molecular weight is 267 g/mol. The first-order chi connectivity index (χ1) is 8.90. The molecule has 0 aliphatic carbocycles. The molecule has 2 atom stereocenters. The largest absolute Gasteiger partial charge is 0.461 e. The number of hydrogen-bond donors (Lipinski definition) is 2. The van der Waals surface area contributed by atoms with E-state index in [2.05, 4.69) is 41.0 Å². The number of nitrogens with zero attached hydrogens (tertiary/aromatic N) is 3. The summed E-state index contributed by atoms with van der Waals surface area (Å²) in [6.45, 7) is 10.4. The van der Waals surface area contributed by atoms with E-state index in [4.69, 9.17) is 10.5 Å². The van der Waals surface area contributed by atoms with Crippen molar-refractivity contribution in [3.8, 4) is 6.01 Å². The van der Waals surface area contributed by atoms with Gasteiger partial charge in [-0.15, -0.1) is 0 Å². The van der Waals surface area contributed by atoms with Gasteiger partial charge in [0.25, 0.3) is 0 Å². The highest BCUT2D eigenvalue weighted by molar-refractivity contribution is 5.33. The third-order valence-electron chi connectivity index (χ3n) is 2.80. The van der Waals surface area contributed by atoms with Gasteiger partial charge in [0.1, 0.15) is 0 Å². The van der Waals surface area contributed by atoms with Crippen molar-refractivity contribution in [1.29, 1.82) is 0 Å². The molecule has 0 aromatic carbocycles. The van der Waals surface area contributed by atoms with Crippen LogP contribution in [0.3, 0.4) is 0 Å². The van der Waals surface area contributed by atoms with E-state index >= 15 is 0 Å². The number of nitrogens with two attached hydrogens (primary N) is 1. The lowest BCUT2D eigenvalue weighted by atomic mass is 10.0. The molecule has 1 heterocycles. The van der Waals surface area contributed by atoms with Crippen LogP contribution in [0.5, 0.6) is 6.01 Å². The quantitative estimate of drug-likeness (QED) is 0.789. The highest BCUT2D eigenvalue weighted by atomic mass is 16.5.